The molecule has 4 N–H and O–H groups in total. The minimum absolute atomic E-state index is 0.0684. The Morgan fingerprint density at radius 3 is 2.72 bits per heavy atom. The smallest absolute Gasteiger partial charge is 0.315 e. The number of fused-ring (bicyclic) bond motifs is 1. The van der Waals surface area contributed by atoms with E-state index >= 15 is 0 Å². The van der Waals surface area contributed by atoms with E-state index in [2.05, 4.69) is 39.5 Å². The van der Waals surface area contributed by atoms with Gasteiger partial charge in [0, 0.05) is 19.1 Å². The van der Waals surface area contributed by atoms with Gasteiger partial charge in [-0.1, -0.05) is 37.1 Å². The summed E-state index contributed by atoms with van der Waals surface area (Å²) in [6.07, 6.45) is 4.34. The van der Waals surface area contributed by atoms with E-state index in [0.717, 1.165) is 25.8 Å². The molecule has 1 aromatic rings. The maximum atomic E-state index is 12.9. The first kappa shape index (κ1) is 17.7. The third-order valence-corrected chi connectivity index (χ3v) is 5.26. The summed E-state index contributed by atoms with van der Waals surface area (Å²) in [7, 11) is 0. The fourth-order valence-electron chi connectivity index (χ4n) is 3.95. The lowest BCUT2D eigenvalue weighted by molar-refractivity contribution is -0.127. The largest absolute Gasteiger partial charge is 0.352 e. The summed E-state index contributed by atoms with van der Waals surface area (Å²) in [6, 6.07) is 8.23. The molecule has 6 nitrogen and oxygen atoms in total. The Morgan fingerprint density at radius 2 is 1.96 bits per heavy atom. The molecule has 0 spiro atoms. The zero-order valence-corrected chi connectivity index (χ0v) is 14.9. The Balaban J connectivity index is 1.64. The molecule has 0 radical (unpaired) electrons. The first-order chi connectivity index (χ1) is 12.1. The van der Waals surface area contributed by atoms with Crippen LogP contribution in [0.15, 0.2) is 24.3 Å². The number of benzene rings is 1. The van der Waals surface area contributed by atoms with E-state index in [1.54, 1.807) is 0 Å². The van der Waals surface area contributed by atoms with Gasteiger partial charge in [-0.15, -0.1) is 0 Å². The van der Waals surface area contributed by atoms with Crippen LogP contribution in [0.4, 0.5) is 4.79 Å². The number of carbonyl (C=O) groups is 2. The molecule has 3 rings (SSSR count). The Kier molecular flexibility index (Phi) is 5.58. The van der Waals surface area contributed by atoms with Gasteiger partial charge in [0.05, 0.1) is 0 Å². The van der Waals surface area contributed by atoms with Crippen molar-refractivity contribution < 1.29 is 9.59 Å². The van der Waals surface area contributed by atoms with Crippen molar-refractivity contribution in [1.29, 1.82) is 0 Å². The van der Waals surface area contributed by atoms with E-state index in [-0.39, 0.29) is 18.0 Å². The first-order valence-corrected chi connectivity index (χ1v) is 9.30. The van der Waals surface area contributed by atoms with Gasteiger partial charge in [-0.2, -0.15) is 0 Å². The van der Waals surface area contributed by atoms with E-state index in [0.29, 0.717) is 25.9 Å². The molecule has 136 valence electrons. The van der Waals surface area contributed by atoms with Gasteiger partial charge < -0.3 is 21.3 Å². The summed E-state index contributed by atoms with van der Waals surface area (Å²) in [5.41, 5.74) is 1.83. The van der Waals surface area contributed by atoms with Crippen molar-refractivity contribution in [3.8, 4) is 0 Å². The van der Waals surface area contributed by atoms with Crippen molar-refractivity contribution in [3.63, 3.8) is 0 Å². The number of hydrogen-bond acceptors (Lipinski definition) is 3. The van der Waals surface area contributed by atoms with Crippen molar-refractivity contribution in [2.75, 3.05) is 19.6 Å². The van der Waals surface area contributed by atoms with Crippen molar-refractivity contribution in [2.45, 2.75) is 50.6 Å². The molecule has 0 aromatic heterocycles. The summed E-state index contributed by atoms with van der Waals surface area (Å²) in [5.74, 6) is -0.0684. The molecule has 25 heavy (non-hydrogen) atoms. The zero-order chi connectivity index (χ0) is 17.7. The molecule has 6 heteroatoms. The lowest BCUT2D eigenvalue weighted by Crippen LogP contribution is -2.60. The third-order valence-electron chi connectivity index (χ3n) is 5.26. The molecule has 1 saturated carbocycles. The van der Waals surface area contributed by atoms with Gasteiger partial charge in [0.15, 0.2) is 0 Å². The molecule has 0 saturated heterocycles. The number of hydrogen-bond donors (Lipinski definition) is 4. The maximum Gasteiger partial charge on any atom is 0.315 e. The topological polar surface area (TPSA) is 82.3 Å². The quantitative estimate of drug-likeness (QED) is 0.655. The lowest BCUT2D eigenvalue weighted by atomic mass is 9.93. The second-order valence-corrected chi connectivity index (χ2v) is 6.94. The SMILES string of the molecule is CCNC(=O)NC1(C(=O)NCC2NCCc3ccccc32)CCCC1. The van der Waals surface area contributed by atoms with E-state index in [9.17, 15) is 9.59 Å². The van der Waals surface area contributed by atoms with Gasteiger partial charge in [0.1, 0.15) is 5.54 Å². The fraction of sp³-hybridized carbons (Fsp3) is 0.579. The third kappa shape index (κ3) is 3.95. The van der Waals surface area contributed by atoms with E-state index in [1.807, 2.05) is 13.0 Å². The van der Waals surface area contributed by atoms with Crippen molar-refractivity contribution in [3.05, 3.63) is 35.4 Å². The predicted molar refractivity (Wildman–Crippen MR) is 97.3 cm³/mol. The van der Waals surface area contributed by atoms with Gasteiger partial charge in [-0.25, -0.2) is 4.79 Å². The molecule has 1 atom stereocenters. The van der Waals surface area contributed by atoms with Crippen LogP contribution in [0.3, 0.4) is 0 Å². The average molecular weight is 344 g/mol. The monoisotopic (exact) mass is 344 g/mol. The highest BCUT2D eigenvalue weighted by molar-refractivity contribution is 5.91. The van der Waals surface area contributed by atoms with Crippen LogP contribution in [0.1, 0.15) is 49.8 Å². The molecular weight excluding hydrogens is 316 g/mol. The summed E-state index contributed by atoms with van der Waals surface area (Å²) in [4.78, 5) is 24.8. The second kappa shape index (κ2) is 7.87. The summed E-state index contributed by atoms with van der Waals surface area (Å²) >= 11 is 0. The molecule has 3 amide bonds. The zero-order valence-electron chi connectivity index (χ0n) is 14.9. The van der Waals surface area contributed by atoms with Crippen molar-refractivity contribution in [1.82, 2.24) is 21.3 Å². The van der Waals surface area contributed by atoms with Crippen LogP contribution in [0.2, 0.25) is 0 Å². The molecule has 1 heterocycles. The number of amides is 3. The second-order valence-electron chi connectivity index (χ2n) is 6.94. The van der Waals surface area contributed by atoms with Crippen molar-refractivity contribution >= 4 is 11.9 Å². The Bertz CT molecular complexity index is 626. The van der Waals surface area contributed by atoms with Gasteiger partial charge in [0.2, 0.25) is 5.91 Å². The summed E-state index contributed by atoms with van der Waals surface area (Å²) < 4.78 is 0. The van der Waals surface area contributed by atoms with Crippen LogP contribution in [0, 0.1) is 0 Å². The minimum atomic E-state index is -0.770. The van der Waals surface area contributed by atoms with Crippen LogP contribution >= 0.6 is 0 Å². The summed E-state index contributed by atoms with van der Waals surface area (Å²) in [5, 5.41) is 12.2. The number of urea groups is 1. The fourth-order valence-corrected chi connectivity index (χ4v) is 3.95. The average Bonchev–Trinajstić information content (AvgIpc) is 3.09. The molecule has 1 aromatic carbocycles. The summed E-state index contributed by atoms with van der Waals surface area (Å²) in [6.45, 7) is 3.87. The molecule has 0 bridgehead atoms. The van der Waals surface area contributed by atoms with E-state index in [1.165, 1.54) is 11.1 Å². The number of rotatable bonds is 5. The number of nitrogens with one attached hydrogen (secondary N) is 4. The van der Waals surface area contributed by atoms with Crippen LogP contribution in [0.5, 0.6) is 0 Å². The first-order valence-electron chi connectivity index (χ1n) is 9.30. The van der Waals surface area contributed by atoms with E-state index < -0.39 is 5.54 Å². The Morgan fingerprint density at radius 1 is 1.20 bits per heavy atom. The molecule has 1 fully saturated rings. The van der Waals surface area contributed by atoms with Gasteiger partial charge in [-0.3, -0.25) is 4.79 Å². The lowest BCUT2D eigenvalue weighted by Gasteiger charge is -2.31. The van der Waals surface area contributed by atoms with Crippen molar-refractivity contribution in [2.24, 2.45) is 0 Å². The minimum Gasteiger partial charge on any atom is -0.352 e. The maximum absolute atomic E-state index is 12.9. The predicted octanol–water partition coefficient (Wildman–Crippen LogP) is 1.62. The molecular formula is C19H28N4O2. The highest BCUT2D eigenvalue weighted by Gasteiger charge is 2.42. The normalized spacial score (nSPS) is 21.2. The van der Waals surface area contributed by atoms with Crippen LogP contribution in [-0.2, 0) is 11.2 Å². The van der Waals surface area contributed by atoms with Gasteiger partial charge >= 0.3 is 6.03 Å². The van der Waals surface area contributed by atoms with Crippen LogP contribution in [-0.4, -0.2) is 37.1 Å². The highest BCUT2D eigenvalue weighted by Crippen LogP contribution is 2.30. The molecule has 1 unspecified atom stereocenters. The molecule has 2 aliphatic rings. The van der Waals surface area contributed by atoms with Crippen LogP contribution in [0.25, 0.3) is 0 Å². The Hall–Kier alpha value is -2.08. The van der Waals surface area contributed by atoms with Gasteiger partial charge in [0.25, 0.3) is 0 Å². The van der Waals surface area contributed by atoms with Crippen LogP contribution < -0.4 is 21.3 Å². The highest BCUT2D eigenvalue weighted by atomic mass is 16.2. The molecule has 1 aliphatic carbocycles. The Labute approximate surface area is 149 Å². The molecule has 1 aliphatic heterocycles. The van der Waals surface area contributed by atoms with Gasteiger partial charge in [-0.05, 0) is 43.9 Å². The number of carbonyl (C=O) groups excluding carboxylic acids is 2. The van der Waals surface area contributed by atoms with E-state index in [4.69, 9.17) is 0 Å². The standard InChI is InChI=1S/C19H28N4O2/c1-2-20-18(25)23-19(10-5-6-11-19)17(24)22-13-16-15-8-4-3-7-14(15)9-12-21-16/h3-4,7-8,16,21H,2,5-6,9-13H2,1H3,(H,22,24)(H2,20,23,25).